The zero-order chi connectivity index (χ0) is 18.8. The molecular formula is C23H29N3O. The Labute approximate surface area is 162 Å². The van der Waals surface area contributed by atoms with Gasteiger partial charge in [0.15, 0.2) is 0 Å². The number of nitrogens with zero attached hydrogens (tertiary/aromatic N) is 2. The van der Waals surface area contributed by atoms with Crippen molar-refractivity contribution in [2.45, 2.75) is 25.9 Å². The molecule has 142 valence electrons. The van der Waals surface area contributed by atoms with Crippen molar-refractivity contribution in [2.24, 2.45) is 17.6 Å². The summed E-state index contributed by atoms with van der Waals surface area (Å²) in [6.45, 7) is 6.39. The standard InChI is InChI=1S/C23H29N3O/c1-17(27)26-15-21-14-25(13-19-9-7-18(8-10-19)11-12-24)16-22(21)23(26)20-5-3-2-4-6-20/h2-10,21-23H,11-16,24H2,1H3/t21-,22-,23-/m1/s1. The number of rotatable bonds is 5. The lowest BCUT2D eigenvalue weighted by molar-refractivity contribution is -0.130. The van der Waals surface area contributed by atoms with Crippen LogP contribution in [0.3, 0.4) is 0 Å². The number of carbonyl (C=O) groups excluding carboxylic acids is 1. The highest BCUT2D eigenvalue weighted by Gasteiger charge is 2.48. The van der Waals surface area contributed by atoms with Gasteiger partial charge in [0, 0.05) is 39.0 Å². The van der Waals surface area contributed by atoms with Crippen LogP contribution in [0, 0.1) is 11.8 Å². The van der Waals surface area contributed by atoms with Crippen molar-refractivity contribution in [2.75, 3.05) is 26.2 Å². The van der Waals surface area contributed by atoms with Gasteiger partial charge in [-0.05, 0) is 35.6 Å². The molecule has 2 N–H and O–H groups in total. The lowest BCUT2D eigenvalue weighted by atomic mass is 9.89. The fourth-order valence-electron chi connectivity index (χ4n) is 4.90. The number of hydrogen-bond donors (Lipinski definition) is 1. The fraction of sp³-hybridized carbons (Fsp3) is 0.435. The van der Waals surface area contributed by atoms with Gasteiger partial charge in [-0.1, -0.05) is 54.6 Å². The molecule has 27 heavy (non-hydrogen) atoms. The first-order valence-corrected chi connectivity index (χ1v) is 9.98. The average Bonchev–Trinajstić information content (AvgIpc) is 3.21. The van der Waals surface area contributed by atoms with Crippen LogP contribution in [0.2, 0.25) is 0 Å². The van der Waals surface area contributed by atoms with E-state index in [4.69, 9.17) is 5.73 Å². The van der Waals surface area contributed by atoms with Crippen molar-refractivity contribution in [3.05, 3.63) is 71.3 Å². The number of likely N-dealkylation sites (tertiary alicyclic amines) is 2. The van der Waals surface area contributed by atoms with Gasteiger partial charge >= 0.3 is 0 Å². The first kappa shape index (κ1) is 18.2. The Hall–Kier alpha value is -2.17. The summed E-state index contributed by atoms with van der Waals surface area (Å²) in [4.78, 5) is 16.9. The molecule has 0 bridgehead atoms. The number of benzene rings is 2. The van der Waals surface area contributed by atoms with E-state index in [0.29, 0.717) is 18.4 Å². The quantitative estimate of drug-likeness (QED) is 0.889. The monoisotopic (exact) mass is 363 g/mol. The van der Waals surface area contributed by atoms with Crippen LogP contribution >= 0.6 is 0 Å². The predicted molar refractivity (Wildman–Crippen MR) is 108 cm³/mol. The third kappa shape index (κ3) is 3.78. The van der Waals surface area contributed by atoms with Gasteiger partial charge in [-0.3, -0.25) is 9.69 Å². The third-order valence-electron chi connectivity index (χ3n) is 6.15. The van der Waals surface area contributed by atoms with E-state index in [1.54, 1.807) is 6.92 Å². The van der Waals surface area contributed by atoms with E-state index in [1.807, 2.05) is 6.07 Å². The summed E-state index contributed by atoms with van der Waals surface area (Å²) in [5.74, 6) is 1.28. The summed E-state index contributed by atoms with van der Waals surface area (Å²) in [6.07, 6.45) is 0.938. The van der Waals surface area contributed by atoms with E-state index < -0.39 is 0 Å². The number of nitrogens with two attached hydrogens (primary N) is 1. The number of hydrogen-bond acceptors (Lipinski definition) is 3. The van der Waals surface area contributed by atoms with Crippen molar-refractivity contribution < 1.29 is 4.79 Å². The van der Waals surface area contributed by atoms with Crippen molar-refractivity contribution in [1.29, 1.82) is 0 Å². The maximum absolute atomic E-state index is 12.2. The first-order chi connectivity index (χ1) is 13.2. The van der Waals surface area contributed by atoms with Gasteiger partial charge in [0.25, 0.3) is 0 Å². The van der Waals surface area contributed by atoms with Crippen LogP contribution in [-0.4, -0.2) is 41.9 Å². The zero-order valence-corrected chi connectivity index (χ0v) is 16.1. The molecule has 2 aliphatic heterocycles. The molecule has 4 nitrogen and oxygen atoms in total. The van der Waals surface area contributed by atoms with Crippen LogP contribution in [0.4, 0.5) is 0 Å². The first-order valence-electron chi connectivity index (χ1n) is 9.98. The van der Waals surface area contributed by atoms with E-state index in [2.05, 4.69) is 58.3 Å². The third-order valence-corrected chi connectivity index (χ3v) is 6.15. The lowest BCUT2D eigenvalue weighted by Crippen LogP contribution is -2.34. The largest absolute Gasteiger partial charge is 0.335 e. The molecule has 0 aliphatic carbocycles. The average molecular weight is 364 g/mol. The van der Waals surface area contributed by atoms with Crippen LogP contribution < -0.4 is 5.73 Å². The van der Waals surface area contributed by atoms with E-state index in [-0.39, 0.29) is 11.9 Å². The van der Waals surface area contributed by atoms with Crippen LogP contribution in [0.25, 0.3) is 0 Å². The molecule has 4 rings (SSSR count). The molecule has 2 aromatic carbocycles. The molecule has 0 aromatic heterocycles. The van der Waals surface area contributed by atoms with Crippen LogP contribution in [-0.2, 0) is 17.8 Å². The molecule has 2 heterocycles. The summed E-state index contributed by atoms with van der Waals surface area (Å²) in [6, 6.07) is 19.6. The molecule has 0 saturated carbocycles. The minimum absolute atomic E-state index is 0.195. The molecule has 2 aromatic rings. The molecule has 4 heteroatoms. The number of amides is 1. The van der Waals surface area contributed by atoms with Crippen molar-refractivity contribution in [1.82, 2.24) is 9.80 Å². The van der Waals surface area contributed by atoms with E-state index in [9.17, 15) is 4.79 Å². The summed E-state index contributed by atoms with van der Waals surface area (Å²) in [7, 11) is 0. The summed E-state index contributed by atoms with van der Waals surface area (Å²) < 4.78 is 0. The summed E-state index contributed by atoms with van der Waals surface area (Å²) in [5.41, 5.74) is 9.57. The molecule has 3 atom stereocenters. The summed E-state index contributed by atoms with van der Waals surface area (Å²) >= 11 is 0. The highest BCUT2D eigenvalue weighted by Crippen LogP contribution is 2.45. The second-order valence-electron chi connectivity index (χ2n) is 8.00. The van der Waals surface area contributed by atoms with Crippen molar-refractivity contribution in [3.8, 4) is 0 Å². The molecule has 2 saturated heterocycles. The van der Waals surface area contributed by atoms with Crippen molar-refractivity contribution >= 4 is 5.91 Å². The Morgan fingerprint density at radius 2 is 1.70 bits per heavy atom. The molecule has 2 fully saturated rings. The van der Waals surface area contributed by atoms with Gasteiger partial charge in [-0.2, -0.15) is 0 Å². The SMILES string of the molecule is CC(=O)N1C[C@H]2CN(Cc3ccc(CCN)cc3)C[C@H]2[C@H]1c1ccccc1. The normalized spacial score (nSPS) is 25.0. The second-order valence-corrected chi connectivity index (χ2v) is 8.00. The lowest BCUT2D eigenvalue weighted by Gasteiger charge is -2.29. The smallest absolute Gasteiger partial charge is 0.219 e. The van der Waals surface area contributed by atoms with E-state index in [0.717, 1.165) is 32.6 Å². The molecule has 1 amide bonds. The van der Waals surface area contributed by atoms with E-state index in [1.165, 1.54) is 16.7 Å². The van der Waals surface area contributed by atoms with Gasteiger partial charge in [0.1, 0.15) is 0 Å². The van der Waals surface area contributed by atoms with Crippen LogP contribution in [0.15, 0.2) is 54.6 Å². The maximum atomic E-state index is 12.2. The highest BCUT2D eigenvalue weighted by molar-refractivity contribution is 5.74. The highest BCUT2D eigenvalue weighted by atomic mass is 16.2. The van der Waals surface area contributed by atoms with Gasteiger partial charge in [0.05, 0.1) is 6.04 Å². The minimum atomic E-state index is 0.195. The second kappa shape index (κ2) is 7.83. The molecule has 0 radical (unpaired) electrons. The Kier molecular flexibility index (Phi) is 5.28. The predicted octanol–water partition coefficient (Wildman–Crippen LogP) is 2.84. The van der Waals surface area contributed by atoms with Gasteiger partial charge in [-0.25, -0.2) is 0 Å². The Morgan fingerprint density at radius 3 is 2.37 bits per heavy atom. The van der Waals surface area contributed by atoms with Crippen molar-refractivity contribution in [3.63, 3.8) is 0 Å². The van der Waals surface area contributed by atoms with Gasteiger partial charge in [0.2, 0.25) is 5.91 Å². The Balaban J connectivity index is 1.47. The Bertz CT molecular complexity index is 774. The number of fused-ring (bicyclic) bond motifs is 1. The molecule has 2 aliphatic rings. The van der Waals surface area contributed by atoms with Crippen LogP contribution in [0.1, 0.15) is 29.7 Å². The Morgan fingerprint density at radius 1 is 1.00 bits per heavy atom. The molecule has 0 unspecified atom stereocenters. The molecular weight excluding hydrogens is 334 g/mol. The fourth-order valence-corrected chi connectivity index (χ4v) is 4.90. The van der Waals surface area contributed by atoms with Gasteiger partial charge in [-0.15, -0.1) is 0 Å². The summed E-state index contributed by atoms with van der Waals surface area (Å²) in [5, 5.41) is 0. The van der Waals surface area contributed by atoms with Crippen LogP contribution in [0.5, 0.6) is 0 Å². The van der Waals surface area contributed by atoms with Gasteiger partial charge < -0.3 is 10.6 Å². The number of carbonyl (C=O) groups is 1. The zero-order valence-electron chi connectivity index (χ0n) is 16.1. The molecule has 0 spiro atoms. The van der Waals surface area contributed by atoms with E-state index >= 15 is 0 Å². The minimum Gasteiger partial charge on any atom is -0.335 e. The topological polar surface area (TPSA) is 49.6 Å². The maximum Gasteiger partial charge on any atom is 0.219 e.